The van der Waals surface area contributed by atoms with Crippen LogP contribution in [0.1, 0.15) is 37.6 Å². The number of esters is 1. The van der Waals surface area contributed by atoms with Gasteiger partial charge in [0, 0.05) is 18.3 Å². The van der Waals surface area contributed by atoms with Crippen LogP contribution >= 0.6 is 0 Å². The molecule has 0 fully saturated rings. The summed E-state index contributed by atoms with van der Waals surface area (Å²) in [5.41, 5.74) is -0.640. The number of hydrogen-bond acceptors (Lipinski definition) is 5. The second-order valence-corrected chi connectivity index (χ2v) is 6.45. The number of benzene rings is 1. The fourth-order valence-corrected chi connectivity index (χ4v) is 2.05. The van der Waals surface area contributed by atoms with Crippen molar-refractivity contribution in [3.63, 3.8) is 0 Å². The summed E-state index contributed by atoms with van der Waals surface area (Å²) in [5, 5.41) is 2.57. The SMILES string of the molecule is CC(C)(C)OC(=O)CCn1ccc(NC(=O)c2ccccc2)nc1=O. The number of anilines is 1. The predicted octanol–water partition coefficient (Wildman–Crippen LogP) is 2.23. The monoisotopic (exact) mass is 343 g/mol. The van der Waals surface area contributed by atoms with E-state index in [1.807, 2.05) is 0 Å². The highest BCUT2D eigenvalue weighted by Gasteiger charge is 2.16. The van der Waals surface area contributed by atoms with Crippen molar-refractivity contribution in [2.75, 3.05) is 5.32 Å². The Morgan fingerprint density at radius 1 is 1.16 bits per heavy atom. The van der Waals surface area contributed by atoms with Crippen LogP contribution in [0.25, 0.3) is 0 Å². The van der Waals surface area contributed by atoms with Gasteiger partial charge < -0.3 is 10.1 Å². The molecule has 0 saturated carbocycles. The molecule has 2 rings (SSSR count). The Morgan fingerprint density at radius 3 is 2.44 bits per heavy atom. The van der Waals surface area contributed by atoms with Crippen molar-refractivity contribution in [1.29, 1.82) is 0 Å². The third kappa shape index (κ3) is 5.87. The highest BCUT2D eigenvalue weighted by Crippen LogP contribution is 2.09. The maximum atomic E-state index is 12.0. The van der Waals surface area contributed by atoms with Gasteiger partial charge in [0.15, 0.2) is 0 Å². The molecule has 25 heavy (non-hydrogen) atoms. The summed E-state index contributed by atoms with van der Waals surface area (Å²) in [6.45, 7) is 5.50. The summed E-state index contributed by atoms with van der Waals surface area (Å²) in [7, 11) is 0. The van der Waals surface area contributed by atoms with E-state index < -0.39 is 11.3 Å². The average molecular weight is 343 g/mol. The molecule has 0 atom stereocenters. The topological polar surface area (TPSA) is 90.3 Å². The molecular formula is C18H21N3O4. The van der Waals surface area contributed by atoms with Crippen molar-refractivity contribution in [3.8, 4) is 0 Å². The van der Waals surface area contributed by atoms with E-state index in [1.54, 1.807) is 51.1 Å². The molecule has 0 aliphatic rings. The van der Waals surface area contributed by atoms with E-state index >= 15 is 0 Å². The lowest BCUT2D eigenvalue weighted by atomic mass is 10.2. The maximum absolute atomic E-state index is 12.0. The minimum Gasteiger partial charge on any atom is -0.460 e. The Labute approximate surface area is 145 Å². The Hall–Kier alpha value is -2.96. The molecule has 0 radical (unpaired) electrons. The molecule has 1 amide bonds. The lowest BCUT2D eigenvalue weighted by molar-refractivity contribution is -0.155. The van der Waals surface area contributed by atoms with Gasteiger partial charge >= 0.3 is 11.7 Å². The van der Waals surface area contributed by atoms with Crippen LogP contribution in [-0.2, 0) is 16.1 Å². The summed E-state index contributed by atoms with van der Waals surface area (Å²) >= 11 is 0. The number of carbonyl (C=O) groups is 2. The second kappa shape index (κ2) is 7.74. The number of amides is 1. The number of ether oxygens (including phenoxy) is 1. The van der Waals surface area contributed by atoms with Crippen LogP contribution in [0.3, 0.4) is 0 Å². The van der Waals surface area contributed by atoms with Crippen molar-refractivity contribution < 1.29 is 14.3 Å². The average Bonchev–Trinajstić information content (AvgIpc) is 2.53. The Bertz CT molecular complexity index is 807. The Kier molecular flexibility index (Phi) is 5.69. The van der Waals surface area contributed by atoms with Crippen molar-refractivity contribution in [3.05, 3.63) is 58.6 Å². The number of carbonyl (C=O) groups excluding carboxylic acids is 2. The van der Waals surface area contributed by atoms with Crippen molar-refractivity contribution >= 4 is 17.7 Å². The van der Waals surface area contributed by atoms with E-state index in [0.29, 0.717) is 5.56 Å². The van der Waals surface area contributed by atoms with Gasteiger partial charge in [-0.25, -0.2) is 4.79 Å². The van der Waals surface area contributed by atoms with Crippen LogP contribution in [0, 0.1) is 0 Å². The second-order valence-electron chi connectivity index (χ2n) is 6.45. The summed E-state index contributed by atoms with van der Waals surface area (Å²) in [6, 6.07) is 10.1. The quantitative estimate of drug-likeness (QED) is 0.841. The minimum absolute atomic E-state index is 0.0641. The van der Waals surface area contributed by atoms with Crippen LogP contribution in [0.4, 0.5) is 5.82 Å². The first-order valence-corrected chi connectivity index (χ1v) is 7.90. The molecule has 7 nitrogen and oxygen atoms in total. The van der Waals surface area contributed by atoms with Gasteiger partial charge in [-0.05, 0) is 39.0 Å². The molecular weight excluding hydrogens is 322 g/mol. The first-order valence-electron chi connectivity index (χ1n) is 7.90. The number of hydrogen-bond donors (Lipinski definition) is 1. The molecule has 2 aromatic rings. The molecule has 1 aromatic heterocycles. The lowest BCUT2D eigenvalue weighted by Crippen LogP contribution is -2.28. The van der Waals surface area contributed by atoms with Gasteiger partial charge in [0.2, 0.25) is 0 Å². The van der Waals surface area contributed by atoms with E-state index in [2.05, 4.69) is 10.3 Å². The van der Waals surface area contributed by atoms with E-state index in [4.69, 9.17) is 4.74 Å². The number of aryl methyl sites for hydroxylation is 1. The van der Waals surface area contributed by atoms with Gasteiger partial charge in [-0.3, -0.25) is 14.2 Å². The highest BCUT2D eigenvalue weighted by atomic mass is 16.6. The van der Waals surface area contributed by atoms with E-state index in [0.717, 1.165) is 0 Å². The zero-order chi connectivity index (χ0) is 18.4. The first-order chi connectivity index (χ1) is 11.7. The van der Waals surface area contributed by atoms with Crippen LogP contribution < -0.4 is 11.0 Å². The number of rotatable bonds is 5. The molecule has 1 N–H and O–H groups in total. The first kappa shape index (κ1) is 18.4. The normalized spacial score (nSPS) is 11.0. The van der Waals surface area contributed by atoms with Crippen LogP contribution in [-0.4, -0.2) is 27.0 Å². The molecule has 132 valence electrons. The minimum atomic E-state index is -0.564. The van der Waals surface area contributed by atoms with Gasteiger partial charge in [-0.15, -0.1) is 0 Å². The van der Waals surface area contributed by atoms with E-state index in [-0.39, 0.29) is 30.7 Å². The molecule has 0 aliphatic carbocycles. The summed E-state index contributed by atoms with van der Waals surface area (Å²) in [6.07, 6.45) is 1.55. The molecule has 0 spiro atoms. The van der Waals surface area contributed by atoms with Crippen molar-refractivity contribution in [1.82, 2.24) is 9.55 Å². The highest BCUT2D eigenvalue weighted by molar-refractivity contribution is 6.03. The largest absolute Gasteiger partial charge is 0.460 e. The van der Waals surface area contributed by atoms with Gasteiger partial charge in [-0.1, -0.05) is 18.2 Å². The zero-order valence-electron chi connectivity index (χ0n) is 14.5. The standard InChI is InChI=1S/C18H21N3O4/c1-18(2,3)25-15(22)10-12-21-11-9-14(20-17(21)24)19-16(23)13-7-5-4-6-8-13/h4-9,11H,10,12H2,1-3H3,(H,19,20,23,24). The molecule has 1 aromatic carbocycles. The van der Waals surface area contributed by atoms with Gasteiger partial charge in [0.05, 0.1) is 6.42 Å². The van der Waals surface area contributed by atoms with Crippen LogP contribution in [0.15, 0.2) is 47.4 Å². The molecule has 0 unspecified atom stereocenters. The van der Waals surface area contributed by atoms with Crippen molar-refractivity contribution in [2.45, 2.75) is 39.3 Å². The van der Waals surface area contributed by atoms with Crippen LogP contribution in [0.2, 0.25) is 0 Å². The zero-order valence-corrected chi connectivity index (χ0v) is 14.5. The van der Waals surface area contributed by atoms with Crippen LogP contribution in [0.5, 0.6) is 0 Å². The van der Waals surface area contributed by atoms with Crippen molar-refractivity contribution in [2.24, 2.45) is 0 Å². The molecule has 0 bridgehead atoms. The van der Waals surface area contributed by atoms with Gasteiger partial charge in [0.25, 0.3) is 5.91 Å². The summed E-state index contributed by atoms with van der Waals surface area (Å²) < 4.78 is 6.49. The smallest absolute Gasteiger partial charge is 0.349 e. The van der Waals surface area contributed by atoms with E-state index in [1.165, 1.54) is 16.8 Å². The Morgan fingerprint density at radius 2 is 1.84 bits per heavy atom. The molecule has 7 heteroatoms. The number of aromatic nitrogens is 2. The van der Waals surface area contributed by atoms with E-state index in [9.17, 15) is 14.4 Å². The number of nitrogens with zero attached hydrogens (tertiary/aromatic N) is 2. The fourth-order valence-electron chi connectivity index (χ4n) is 2.05. The summed E-state index contributed by atoms with van der Waals surface area (Å²) in [4.78, 5) is 39.6. The maximum Gasteiger partial charge on any atom is 0.349 e. The predicted molar refractivity (Wildman–Crippen MR) is 93.4 cm³/mol. The Balaban J connectivity index is 1.97. The third-order valence-electron chi connectivity index (χ3n) is 3.13. The molecule has 0 aliphatic heterocycles. The fraction of sp³-hybridized carbons (Fsp3) is 0.333. The summed E-state index contributed by atoms with van der Waals surface area (Å²) in [5.74, 6) is -0.577. The third-order valence-corrected chi connectivity index (χ3v) is 3.13. The lowest BCUT2D eigenvalue weighted by Gasteiger charge is -2.19. The number of nitrogens with one attached hydrogen (secondary N) is 1. The molecule has 0 saturated heterocycles. The van der Waals surface area contributed by atoms with Gasteiger partial charge in [0.1, 0.15) is 11.4 Å². The van der Waals surface area contributed by atoms with Gasteiger partial charge in [-0.2, -0.15) is 4.98 Å². The molecule has 1 heterocycles.